The third kappa shape index (κ3) is 5.65. The molecular weight excluding hydrogens is 366 g/mol. The van der Waals surface area contributed by atoms with Gasteiger partial charge in [-0.15, -0.1) is 0 Å². The molecule has 0 bridgehead atoms. The molecule has 0 saturated heterocycles. The summed E-state index contributed by atoms with van der Waals surface area (Å²) in [6.45, 7) is 4.22. The Balaban J connectivity index is 1.54. The molecule has 0 fully saturated rings. The summed E-state index contributed by atoms with van der Waals surface area (Å²) in [4.78, 5) is 36.3. The minimum absolute atomic E-state index is 0.0715. The van der Waals surface area contributed by atoms with Crippen molar-refractivity contribution in [1.29, 1.82) is 0 Å². The Morgan fingerprint density at radius 1 is 0.897 bits per heavy atom. The normalized spacial score (nSPS) is 10.4. The van der Waals surface area contributed by atoms with E-state index in [2.05, 4.69) is 10.6 Å². The predicted octanol–water partition coefficient (Wildman–Crippen LogP) is 3.03. The van der Waals surface area contributed by atoms with Crippen molar-refractivity contribution >= 4 is 17.5 Å². The molecule has 0 unspecified atom stereocenters. The molecule has 0 aliphatic carbocycles. The highest BCUT2D eigenvalue weighted by atomic mass is 16.2. The van der Waals surface area contributed by atoms with Gasteiger partial charge in [-0.25, -0.2) is 0 Å². The zero-order chi connectivity index (χ0) is 20.8. The molecule has 6 nitrogen and oxygen atoms in total. The number of hydrogen-bond acceptors (Lipinski definition) is 3. The number of amides is 2. The minimum atomic E-state index is -0.312. The zero-order valence-corrected chi connectivity index (χ0v) is 16.4. The van der Waals surface area contributed by atoms with Crippen molar-refractivity contribution in [1.82, 2.24) is 9.88 Å². The topological polar surface area (TPSA) is 80.2 Å². The van der Waals surface area contributed by atoms with Crippen LogP contribution in [0.15, 0.2) is 71.7 Å². The summed E-state index contributed by atoms with van der Waals surface area (Å²) in [5, 5.41) is 5.61. The van der Waals surface area contributed by atoms with Gasteiger partial charge >= 0.3 is 0 Å². The van der Waals surface area contributed by atoms with E-state index in [1.807, 2.05) is 38.1 Å². The van der Waals surface area contributed by atoms with Gasteiger partial charge in [-0.2, -0.15) is 0 Å². The van der Waals surface area contributed by atoms with E-state index in [0.717, 1.165) is 11.1 Å². The lowest BCUT2D eigenvalue weighted by Crippen LogP contribution is -2.27. The Kier molecular flexibility index (Phi) is 6.24. The zero-order valence-electron chi connectivity index (χ0n) is 16.4. The first kappa shape index (κ1) is 20.1. The van der Waals surface area contributed by atoms with Crippen LogP contribution in [0.5, 0.6) is 0 Å². The third-order valence-corrected chi connectivity index (χ3v) is 4.47. The largest absolute Gasteiger partial charge is 0.348 e. The number of benzene rings is 2. The van der Waals surface area contributed by atoms with Crippen LogP contribution < -0.4 is 16.2 Å². The van der Waals surface area contributed by atoms with Crippen LogP contribution in [-0.2, 0) is 17.9 Å². The van der Waals surface area contributed by atoms with E-state index in [9.17, 15) is 14.4 Å². The molecule has 0 saturated carbocycles. The number of hydrogen-bond donors (Lipinski definition) is 2. The molecule has 0 atom stereocenters. The number of anilines is 1. The highest BCUT2D eigenvalue weighted by Crippen LogP contribution is 2.10. The van der Waals surface area contributed by atoms with Gasteiger partial charge in [-0.05, 0) is 55.3 Å². The molecule has 0 spiro atoms. The van der Waals surface area contributed by atoms with Crippen LogP contribution >= 0.6 is 0 Å². The van der Waals surface area contributed by atoms with E-state index in [1.165, 1.54) is 16.2 Å². The molecule has 2 aromatic carbocycles. The third-order valence-electron chi connectivity index (χ3n) is 4.47. The summed E-state index contributed by atoms with van der Waals surface area (Å²) in [6, 6.07) is 17.9. The fourth-order valence-electron chi connectivity index (χ4n) is 2.79. The molecule has 0 aliphatic rings. The predicted molar refractivity (Wildman–Crippen MR) is 113 cm³/mol. The summed E-state index contributed by atoms with van der Waals surface area (Å²) < 4.78 is 1.34. The lowest BCUT2D eigenvalue weighted by Gasteiger charge is -2.09. The van der Waals surface area contributed by atoms with Gasteiger partial charge in [-0.3, -0.25) is 14.4 Å². The maximum absolute atomic E-state index is 12.3. The number of nitrogens with one attached hydrogen (secondary N) is 2. The number of nitrogens with zero attached hydrogens (tertiary/aromatic N) is 1. The standard InChI is InChI=1S/C23H23N3O3/c1-16-3-5-18(6-4-16)14-24-23(29)19-7-9-20(10-8-19)25-21(27)15-26-12-11-17(2)13-22(26)28/h3-13H,14-15H2,1-2H3,(H,24,29)(H,25,27). The van der Waals surface area contributed by atoms with Crippen molar-refractivity contribution in [3.05, 3.63) is 99.5 Å². The second-order valence-electron chi connectivity index (χ2n) is 6.96. The molecule has 6 heteroatoms. The van der Waals surface area contributed by atoms with Crippen LogP contribution in [0.25, 0.3) is 0 Å². The van der Waals surface area contributed by atoms with E-state index in [1.54, 1.807) is 36.5 Å². The molecule has 2 amide bonds. The van der Waals surface area contributed by atoms with E-state index in [0.29, 0.717) is 17.8 Å². The van der Waals surface area contributed by atoms with Gasteiger partial charge in [0.1, 0.15) is 6.54 Å². The molecule has 2 N–H and O–H groups in total. The average Bonchev–Trinajstić information content (AvgIpc) is 2.70. The number of rotatable bonds is 6. The summed E-state index contributed by atoms with van der Waals surface area (Å²) >= 11 is 0. The maximum Gasteiger partial charge on any atom is 0.251 e. The molecular formula is C23H23N3O3. The molecule has 148 valence electrons. The Hall–Kier alpha value is -3.67. The summed E-state index contributed by atoms with van der Waals surface area (Å²) in [7, 11) is 0. The smallest absolute Gasteiger partial charge is 0.251 e. The van der Waals surface area contributed by atoms with Gasteiger partial charge in [0.25, 0.3) is 11.5 Å². The second kappa shape index (κ2) is 9.01. The van der Waals surface area contributed by atoms with Gasteiger partial charge in [0.2, 0.25) is 5.91 Å². The quantitative estimate of drug-likeness (QED) is 0.680. The van der Waals surface area contributed by atoms with E-state index < -0.39 is 0 Å². The van der Waals surface area contributed by atoms with Crippen LogP contribution in [-0.4, -0.2) is 16.4 Å². The molecule has 0 aliphatic heterocycles. The van der Waals surface area contributed by atoms with Gasteiger partial charge in [-0.1, -0.05) is 29.8 Å². The van der Waals surface area contributed by atoms with Crippen molar-refractivity contribution in [2.75, 3.05) is 5.32 Å². The van der Waals surface area contributed by atoms with E-state index in [4.69, 9.17) is 0 Å². The average molecular weight is 389 g/mol. The van der Waals surface area contributed by atoms with Crippen molar-refractivity contribution in [2.24, 2.45) is 0 Å². The van der Waals surface area contributed by atoms with Crippen LogP contribution in [0.4, 0.5) is 5.69 Å². The SMILES string of the molecule is Cc1ccc(CNC(=O)c2ccc(NC(=O)Cn3ccc(C)cc3=O)cc2)cc1. The number of aromatic nitrogens is 1. The minimum Gasteiger partial charge on any atom is -0.348 e. The molecule has 3 aromatic rings. The lowest BCUT2D eigenvalue weighted by molar-refractivity contribution is -0.116. The van der Waals surface area contributed by atoms with Crippen LogP contribution in [0.1, 0.15) is 27.0 Å². The molecule has 0 radical (unpaired) electrons. The van der Waals surface area contributed by atoms with Crippen molar-refractivity contribution in [2.45, 2.75) is 26.9 Å². The first-order chi connectivity index (χ1) is 13.9. The van der Waals surface area contributed by atoms with Gasteiger partial charge < -0.3 is 15.2 Å². The van der Waals surface area contributed by atoms with Crippen LogP contribution in [0.3, 0.4) is 0 Å². The fraction of sp³-hybridized carbons (Fsp3) is 0.174. The van der Waals surface area contributed by atoms with Crippen LogP contribution in [0, 0.1) is 13.8 Å². The number of carbonyl (C=O) groups is 2. The van der Waals surface area contributed by atoms with E-state index in [-0.39, 0.29) is 23.9 Å². The summed E-state index contributed by atoms with van der Waals surface area (Å²) in [5.41, 5.74) is 3.89. The number of aryl methyl sites for hydroxylation is 2. The molecule has 3 rings (SSSR count). The first-order valence-corrected chi connectivity index (χ1v) is 9.31. The summed E-state index contributed by atoms with van der Waals surface area (Å²) in [5.74, 6) is -0.498. The second-order valence-corrected chi connectivity index (χ2v) is 6.96. The van der Waals surface area contributed by atoms with Gasteiger partial charge in [0.05, 0.1) is 0 Å². The Labute approximate surface area is 169 Å². The lowest BCUT2D eigenvalue weighted by atomic mass is 10.1. The number of carbonyl (C=O) groups excluding carboxylic acids is 2. The van der Waals surface area contributed by atoms with Crippen molar-refractivity contribution < 1.29 is 9.59 Å². The molecule has 1 aromatic heterocycles. The first-order valence-electron chi connectivity index (χ1n) is 9.31. The van der Waals surface area contributed by atoms with Gasteiger partial charge in [0, 0.05) is 30.1 Å². The van der Waals surface area contributed by atoms with Gasteiger partial charge in [0.15, 0.2) is 0 Å². The van der Waals surface area contributed by atoms with Crippen LogP contribution in [0.2, 0.25) is 0 Å². The highest BCUT2D eigenvalue weighted by Gasteiger charge is 2.08. The maximum atomic E-state index is 12.3. The Morgan fingerprint density at radius 2 is 1.59 bits per heavy atom. The highest BCUT2D eigenvalue weighted by molar-refractivity contribution is 5.95. The van der Waals surface area contributed by atoms with E-state index >= 15 is 0 Å². The van der Waals surface area contributed by atoms with Crippen molar-refractivity contribution in [3.63, 3.8) is 0 Å². The fourth-order valence-corrected chi connectivity index (χ4v) is 2.79. The number of pyridine rings is 1. The Morgan fingerprint density at radius 3 is 2.24 bits per heavy atom. The van der Waals surface area contributed by atoms with Crippen molar-refractivity contribution in [3.8, 4) is 0 Å². The monoisotopic (exact) mass is 389 g/mol. The Bertz CT molecular complexity index is 1070. The molecule has 29 heavy (non-hydrogen) atoms. The molecule has 1 heterocycles. The summed E-state index contributed by atoms with van der Waals surface area (Å²) in [6.07, 6.45) is 1.60.